The number of nitrogens with zero attached hydrogens (tertiary/aromatic N) is 4. The van der Waals surface area contributed by atoms with Crippen LogP contribution < -0.4 is 0 Å². The van der Waals surface area contributed by atoms with Gasteiger partial charge in [-0.3, -0.25) is 0 Å². The van der Waals surface area contributed by atoms with Crippen molar-refractivity contribution in [3.63, 3.8) is 0 Å². The molecule has 0 aliphatic heterocycles. The average molecular weight is 509 g/mol. The van der Waals surface area contributed by atoms with E-state index in [2.05, 4.69) is 130 Å². The second kappa shape index (κ2) is 9.05. The highest BCUT2D eigenvalue weighted by atomic mass is 32.1. The van der Waals surface area contributed by atoms with Crippen molar-refractivity contribution >= 4 is 49.3 Å². The standard InChI is InChI=1S/C33H24N4S/c1-3-7-29-21(2)31-30(38-29)17-16-28-32(31)26-18-24(14-15-27(26)37(28)25-8-5-4-6-9-25)22-10-12-23(13-11-22)33-35-19-34-20-36-33/h3-20H,1-2H3/b7-3-. The molecule has 0 spiro atoms. The number of aromatic nitrogens is 4. The van der Waals surface area contributed by atoms with E-state index in [9.17, 15) is 0 Å². The van der Waals surface area contributed by atoms with Crippen LogP contribution in [0, 0.1) is 6.92 Å². The van der Waals surface area contributed by atoms with Gasteiger partial charge in [0.25, 0.3) is 0 Å². The molecule has 0 unspecified atom stereocenters. The van der Waals surface area contributed by atoms with Crippen molar-refractivity contribution in [1.29, 1.82) is 0 Å². The van der Waals surface area contributed by atoms with Crippen molar-refractivity contribution in [3.8, 4) is 28.2 Å². The highest BCUT2D eigenvalue weighted by molar-refractivity contribution is 7.20. The first-order valence-corrected chi connectivity index (χ1v) is 13.5. The highest BCUT2D eigenvalue weighted by Gasteiger charge is 2.19. The van der Waals surface area contributed by atoms with E-state index >= 15 is 0 Å². The third kappa shape index (κ3) is 3.55. The van der Waals surface area contributed by atoms with Crippen LogP contribution >= 0.6 is 11.3 Å². The summed E-state index contributed by atoms with van der Waals surface area (Å²) < 4.78 is 3.71. The van der Waals surface area contributed by atoms with E-state index in [1.807, 2.05) is 11.3 Å². The Hall–Kier alpha value is -4.61. The summed E-state index contributed by atoms with van der Waals surface area (Å²) in [7, 11) is 0. The molecule has 3 heterocycles. The predicted octanol–water partition coefficient (Wildman–Crippen LogP) is 8.86. The zero-order valence-corrected chi connectivity index (χ0v) is 21.9. The maximum Gasteiger partial charge on any atom is 0.162 e. The van der Waals surface area contributed by atoms with Crippen LogP contribution in [0.5, 0.6) is 0 Å². The van der Waals surface area contributed by atoms with Crippen LogP contribution in [0.3, 0.4) is 0 Å². The summed E-state index contributed by atoms with van der Waals surface area (Å²) in [4.78, 5) is 13.8. The van der Waals surface area contributed by atoms with Gasteiger partial charge in [0.2, 0.25) is 0 Å². The molecule has 0 atom stereocenters. The van der Waals surface area contributed by atoms with Crippen LogP contribution in [0.15, 0.2) is 104 Å². The van der Waals surface area contributed by atoms with E-state index in [0.717, 1.165) is 11.1 Å². The van der Waals surface area contributed by atoms with E-state index in [0.29, 0.717) is 5.82 Å². The molecule has 0 aliphatic rings. The minimum Gasteiger partial charge on any atom is -0.309 e. The maximum absolute atomic E-state index is 4.28. The summed E-state index contributed by atoms with van der Waals surface area (Å²) in [5.41, 5.74) is 8.27. The second-order valence-electron chi connectivity index (χ2n) is 9.37. The van der Waals surface area contributed by atoms with Gasteiger partial charge in [0, 0.05) is 37.0 Å². The Balaban J connectivity index is 1.49. The minimum absolute atomic E-state index is 0.681. The molecule has 4 aromatic carbocycles. The summed E-state index contributed by atoms with van der Waals surface area (Å²) in [5, 5.41) is 3.93. The lowest BCUT2D eigenvalue weighted by molar-refractivity contribution is 1.06. The van der Waals surface area contributed by atoms with Crippen molar-refractivity contribution in [2.75, 3.05) is 0 Å². The fraction of sp³-hybridized carbons (Fsp3) is 0.0606. The second-order valence-corrected chi connectivity index (χ2v) is 10.4. The van der Waals surface area contributed by atoms with E-state index < -0.39 is 0 Å². The fourth-order valence-corrected chi connectivity index (χ4v) is 6.60. The quantitative estimate of drug-likeness (QED) is 0.238. The third-order valence-electron chi connectivity index (χ3n) is 7.16. The summed E-state index contributed by atoms with van der Waals surface area (Å²) in [6, 6.07) is 30.5. The van der Waals surface area contributed by atoms with Crippen LogP contribution in [-0.4, -0.2) is 19.5 Å². The van der Waals surface area contributed by atoms with Gasteiger partial charge >= 0.3 is 0 Å². The molecule has 3 aromatic heterocycles. The number of fused-ring (bicyclic) bond motifs is 5. The van der Waals surface area contributed by atoms with E-state index in [1.165, 1.54) is 66.2 Å². The molecule has 0 saturated heterocycles. The van der Waals surface area contributed by atoms with Gasteiger partial charge in [0.15, 0.2) is 5.82 Å². The van der Waals surface area contributed by atoms with E-state index in [4.69, 9.17) is 0 Å². The molecule has 7 aromatic rings. The Morgan fingerprint density at radius 1 is 0.737 bits per heavy atom. The number of aryl methyl sites for hydroxylation is 1. The van der Waals surface area contributed by atoms with Gasteiger partial charge in [-0.2, -0.15) is 0 Å². The lowest BCUT2D eigenvalue weighted by Gasteiger charge is -2.08. The summed E-state index contributed by atoms with van der Waals surface area (Å²) in [6.45, 7) is 4.34. The molecule has 5 heteroatoms. The summed E-state index contributed by atoms with van der Waals surface area (Å²) in [6.07, 6.45) is 7.41. The SMILES string of the molecule is C/C=C\c1sc2ccc3c(c4cc(-c5ccc(-c6ncncn6)cc5)ccc4n3-c3ccccc3)c2c1C. The highest BCUT2D eigenvalue weighted by Crippen LogP contribution is 2.43. The Labute approximate surface area is 224 Å². The molecular weight excluding hydrogens is 484 g/mol. The molecule has 0 N–H and O–H groups in total. The van der Waals surface area contributed by atoms with Gasteiger partial charge < -0.3 is 4.57 Å². The van der Waals surface area contributed by atoms with Gasteiger partial charge in [0.1, 0.15) is 12.7 Å². The lowest BCUT2D eigenvalue weighted by atomic mass is 9.99. The van der Waals surface area contributed by atoms with E-state index in [-0.39, 0.29) is 0 Å². The molecular formula is C33H24N4S. The van der Waals surface area contributed by atoms with Crippen LogP contribution in [-0.2, 0) is 0 Å². The molecule has 38 heavy (non-hydrogen) atoms. The Morgan fingerprint density at radius 3 is 2.21 bits per heavy atom. The monoisotopic (exact) mass is 508 g/mol. The zero-order chi connectivity index (χ0) is 25.6. The number of para-hydroxylation sites is 1. The van der Waals surface area contributed by atoms with Gasteiger partial charge in [-0.05, 0) is 73.0 Å². The largest absolute Gasteiger partial charge is 0.309 e. The smallest absolute Gasteiger partial charge is 0.162 e. The molecule has 182 valence electrons. The normalized spacial score (nSPS) is 11.8. The Kier molecular flexibility index (Phi) is 5.38. The fourth-order valence-electron chi connectivity index (χ4n) is 5.41. The molecule has 0 fully saturated rings. The van der Waals surface area contributed by atoms with Gasteiger partial charge in [-0.1, -0.05) is 54.6 Å². The van der Waals surface area contributed by atoms with Gasteiger partial charge in [-0.15, -0.1) is 11.3 Å². The van der Waals surface area contributed by atoms with Crippen LogP contribution in [0.4, 0.5) is 0 Å². The molecule has 4 nitrogen and oxygen atoms in total. The number of hydrogen-bond donors (Lipinski definition) is 0. The van der Waals surface area contributed by atoms with Crippen molar-refractivity contribution < 1.29 is 0 Å². The number of benzene rings is 4. The van der Waals surface area contributed by atoms with E-state index in [1.54, 1.807) is 0 Å². The van der Waals surface area contributed by atoms with Crippen LogP contribution in [0.1, 0.15) is 17.4 Å². The van der Waals surface area contributed by atoms with Crippen molar-refractivity contribution in [3.05, 3.63) is 114 Å². The lowest BCUT2D eigenvalue weighted by Crippen LogP contribution is -1.93. The number of rotatable bonds is 4. The summed E-state index contributed by atoms with van der Waals surface area (Å²) in [5.74, 6) is 0.681. The molecule has 0 bridgehead atoms. The molecule has 0 amide bonds. The first-order valence-electron chi connectivity index (χ1n) is 12.6. The zero-order valence-electron chi connectivity index (χ0n) is 21.1. The van der Waals surface area contributed by atoms with Crippen molar-refractivity contribution in [2.24, 2.45) is 0 Å². The molecule has 0 saturated carbocycles. The maximum atomic E-state index is 4.28. The predicted molar refractivity (Wildman–Crippen MR) is 160 cm³/mol. The van der Waals surface area contributed by atoms with Gasteiger partial charge in [-0.25, -0.2) is 15.0 Å². The number of thiophene rings is 1. The van der Waals surface area contributed by atoms with Crippen LogP contribution in [0.25, 0.3) is 66.2 Å². The van der Waals surface area contributed by atoms with Gasteiger partial charge in [0.05, 0.1) is 11.0 Å². The first-order chi connectivity index (χ1) is 18.7. The topological polar surface area (TPSA) is 43.6 Å². The molecule has 0 aliphatic carbocycles. The van der Waals surface area contributed by atoms with Crippen molar-refractivity contribution in [1.82, 2.24) is 19.5 Å². The Morgan fingerprint density at radius 2 is 1.45 bits per heavy atom. The number of hydrogen-bond acceptors (Lipinski definition) is 4. The van der Waals surface area contributed by atoms with Crippen molar-refractivity contribution in [2.45, 2.75) is 13.8 Å². The molecule has 0 radical (unpaired) electrons. The van der Waals surface area contributed by atoms with Crippen LogP contribution in [0.2, 0.25) is 0 Å². The molecule has 7 rings (SSSR count). The first kappa shape index (κ1) is 22.6. The number of allylic oxidation sites excluding steroid dienone is 1. The Bertz CT molecular complexity index is 1970. The summed E-state index contributed by atoms with van der Waals surface area (Å²) >= 11 is 1.86. The minimum atomic E-state index is 0.681. The third-order valence-corrected chi connectivity index (χ3v) is 8.38. The average Bonchev–Trinajstić information content (AvgIpc) is 3.48.